The van der Waals surface area contributed by atoms with Crippen molar-refractivity contribution < 1.29 is 4.74 Å². The number of nitrogens with zero attached hydrogens (tertiary/aromatic N) is 1. The third-order valence-electron chi connectivity index (χ3n) is 3.89. The van der Waals surface area contributed by atoms with E-state index in [1.807, 2.05) is 12.3 Å². The molecule has 1 saturated heterocycles. The lowest BCUT2D eigenvalue weighted by atomic mass is 10.1. The van der Waals surface area contributed by atoms with Crippen LogP contribution in [0.2, 0.25) is 0 Å². The maximum Gasteiger partial charge on any atom is 0.177 e. The molecular weight excluding hydrogens is 268 g/mol. The van der Waals surface area contributed by atoms with Gasteiger partial charge in [-0.25, -0.2) is 0 Å². The van der Waals surface area contributed by atoms with Gasteiger partial charge in [0.25, 0.3) is 0 Å². The molecule has 4 heteroatoms. The van der Waals surface area contributed by atoms with Crippen LogP contribution in [-0.4, -0.2) is 22.3 Å². The van der Waals surface area contributed by atoms with Crippen LogP contribution in [0.3, 0.4) is 0 Å². The molecule has 3 rings (SSSR count). The van der Waals surface area contributed by atoms with Crippen molar-refractivity contribution in [1.29, 1.82) is 0 Å². The smallest absolute Gasteiger partial charge is 0.177 e. The SMILES string of the molecule is S=c1[nH]cc(-c2ccccc2)n1CCC1CCCCO1. The summed E-state index contributed by atoms with van der Waals surface area (Å²) in [5.41, 5.74) is 2.36. The van der Waals surface area contributed by atoms with Gasteiger partial charge in [0.05, 0.1) is 11.8 Å². The first-order chi connectivity index (χ1) is 9.84. The van der Waals surface area contributed by atoms with E-state index >= 15 is 0 Å². The molecule has 0 saturated carbocycles. The Morgan fingerprint density at radius 2 is 2.10 bits per heavy atom. The Bertz CT molecular complexity index is 596. The summed E-state index contributed by atoms with van der Waals surface area (Å²) in [6.07, 6.45) is 7.10. The first-order valence-electron chi connectivity index (χ1n) is 7.30. The van der Waals surface area contributed by atoms with E-state index in [4.69, 9.17) is 17.0 Å². The van der Waals surface area contributed by atoms with Gasteiger partial charge < -0.3 is 14.3 Å². The Morgan fingerprint density at radius 3 is 2.85 bits per heavy atom. The number of rotatable bonds is 4. The fourth-order valence-electron chi connectivity index (χ4n) is 2.77. The number of aromatic amines is 1. The highest BCUT2D eigenvalue weighted by Crippen LogP contribution is 2.22. The molecule has 0 bridgehead atoms. The molecule has 1 aliphatic heterocycles. The van der Waals surface area contributed by atoms with E-state index in [-0.39, 0.29) is 0 Å². The van der Waals surface area contributed by atoms with Gasteiger partial charge in [-0.3, -0.25) is 0 Å². The van der Waals surface area contributed by atoms with E-state index in [1.54, 1.807) is 0 Å². The molecule has 20 heavy (non-hydrogen) atoms. The third kappa shape index (κ3) is 3.02. The van der Waals surface area contributed by atoms with E-state index in [9.17, 15) is 0 Å². The number of hydrogen-bond donors (Lipinski definition) is 1. The normalized spacial score (nSPS) is 19.1. The zero-order valence-corrected chi connectivity index (χ0v) is 12.4. The van der Waals surface area contributed by atoms with Crippen LogP contribution in [0.15, 0.2) is 36.5 Å². The van der Waals surface area contributed by atoms with Crippen molar-refractivity contribution in [3.05, 3.63) is 41.3 Å². The van der Waals surface area contributed by atoms with Crippen LogP contribution in [0.5, 0.6) is 0 Å². The van der Waals surface area contributed by atoms with Crippen molar-refractivity contribution >= 4 is 12.2 Å². The standard InChI is InChI=1S/C16H20N2OS/c20-16-17-12-15(13-6-2-1-3-7-13)18(16)10-9-14-8-4-5-11-19-14/h1-3,6-7,12,14H,4-5,8-11H2,(H,17,20). The van der Waals surface area contributed by atoms with E-state index in [2.05, 4.69) is 33.8 Å². The van der Waals surface area contributed by atoms with Crippen molar-refractivity contribution in [1.82, 2.24) is 9.55 Å². The van der Waals surface area contributed by atoms with Gasteiger partial charge >= 0.3 is 0 Å². The number of aromatic nitrogens is 2. The topological polar surface area (TPSA) is 29.9 Å². The van der Waals surface area contributed by atoms with Crippen LogP contribution in [0.25, 0.3) is 11.3 Å². The van der Waals surface area contributed by atoms with Gasteiger partial charge in [-0.05, 0) is 43.5 Å². The number of imidazole rings is 1. The predicted molar refractivity (Wildman–Crippen MR) is 83.3 cm³/mol. The number of hydrogen-bond acceptors (Lipinski definition) is 2. The van der Waals surface area contributed by atoms with Crippen LogP contribution in [0.1, 0.15) is 25.7 Å². The Kier molecular flexibility index (Phi) is 4.33. The average molecular weight is 288 g/mol. The third-order valence-corrected chi connectivity index (χ3v) is 4.22. The van der Waals surface area contributed by atoms with Crippen LogP contribution in [0.4, 0.5) is 0 Å². The molecular formula is C16H20N2OS. The Morgan fingerprint density at radius 1 is 1.25 bits per heavy atom. The van der Waals surface area contributed by atoms with Crippen LogP contribution < -0.4 is 0 Å². The Labute approximate surface area is 124 Å². The summed E-state index contributed by atoms with van der Waals surface area (Å²) < 4.78 is 8.78. The molecule has 1 atom stereocenters. The molecule has 1 N–H and O–H groups in total. The second-order valence-corrected chi connectivity index (χ2v) is 5.66. The second kappa shape index (κ2) is 6.37. The number of benzene rings is 1. The summed E-state index contributed by atoms with van der Waals surface area (Å²) in [5, 5.41) is 0. The Balaban J connectivity index is 1.76. The quantitative estimate of drug-likeness (QED) is 0.856. The van der Waals surface area contributed by atoms with Crippen LogP contribution >= 0.6 is 12.2 Å². The van der Waals surface area contributed by atoms with E-state index in [0.717, 1.165) is 30.0 Å². The molecule has 1 fully saturated rings. The second-order valence-electron chi connectivity index (χ2n) is 5.27. The van der Waals surface area contributed by atoms with Crippen molar-refractivity contribution in [3.63, 3.8) is 0 Å². The van der Waals surface area contributed by atoms with Crippen molar-refractivity contribution in [2.75, 3.05) is 6.61 Å². The van der Waals surface area contributed by atoms with Gasteiger partial charge in [-0.1, -0.05) is 30.3 Å². The summed E-state index contributed by atoms with van der Waals surface area (Å²) in [6.45, 7) is 1.83. The summed E-state index contributed by atoms with van der Waals surface area (Å²) >= 11 is 5.41. The minimum absolute atomic E-state index is 0.393. The van der Waals surface area contributed by atoms with Gasteiger partial charge in [0.2, 0.25) is 0 Å². The van der Waals surface area contributed by atoms with Gasteiger partial charge in [0, 0.05) is 19.3 Å². The molecule has 1 unspecified atom stereocenters. The van der Waals surface area contributed by atoms with Crippen LogP contribution in [-0.2, 0) is 11.3 Å². The molecule has 2 heterocycles. The van der Waals surface area contributed by atoms with Crippen molar-refractivity contribution in [2.24, 2.45) is 0 Å². The molecule has 0 radical (unpaired) electrons. The van der Waals surface area contributed by atoms with Crippen molar-refractivity contribution in [3.8, 4) is 11.3 Å². The summed E-state index contributed by atoms with van der Waals surface area (Å²) in [6, 6.07) is 10.4. The molecule has 1 aromatic heterocycles. The van der Waals surface area contributed by atoms with Gasteiger partial charge in [0.15, 0.2) is 4.77 Å². The maximum atomic E-state index is 5.80. The average Bonchev–Trinajstić information content (AvgIpc) is 2.88. The van der Waals surface area contributed by atoms with Crippen LogP contribution in [0, 0.1) is 4.77 Å². The minimum Gasteiger partial charge on any atom is -0.378 e. The first kappa shape index (κ1) is 13.6. The molecule has 0 aliphatic carbocycles. The summed E-state index contributed by atoms with van der Waals surface area (Å²) in [5.74, 6) is 0. The maximum absolute atomic E-state index is 5.80. The van der Waals surface area contributed by atoms with E-state index in [0.29, 0.717) is 6.10 Å². The lowest BCUT2D eigenvalue weighted by molar-refractivity contribution is 0.00882. The highest BCUT2D eigenvalue weighted by atomic mass is 32.1. The monoisotopic (exact) mass is 288 g/mol. The Hall–Kier alpha value is -1.39. The zero-order valence-electron chi connectivity index (χ0n) is 11.5. The van der Waals surface area contributed by atoms with Crippen molar-refractivity contribution in [2.45, 2.75) is 38.3 Å². The largest absolute Gasteiger partial charge is 0.378 e. The lowest BCUT2D eigenvalue weighted by Crippen LogP contribution is -2.21. The van der Waals surface area contributed by atoms with Gasteiger partial charge in [-0.2, -0.15) is 0 Å². The number of nitrogens with one attached hydrogen (secondary N) is 1. The zero-order chi connectivity index (χ0) is 13.8. The molecule has 1 aliphatic rings. The highest BCUT2D eigenvalue weighted by Gasteiger charge is 2.15. The highest BCUT2D eigenvalue weighted by molar-refractivity contribution is 7.71. The number of ether oxygens (including phenoxy) is 1. The molecule has 106 valence electrons. The fourth-order valence-corrected chi connectivity index (χ4v) is 3.02. The van der Waals surface area contributed by atoms with E-state index in [1.165, 1.54) is 24.8 Å². The summed E-state index contributed by atoms with van der Waals surface area (Å²) in [7, 11) is 0. The molecule has 0 amide bonds. The van der Waals surface area contributed by atoms with E-state index < -0.39 is 0 Å². The molecule has 3 nitrogen and oxygen atoms in total. The van der Waals surface area contributed by atoms with Gasteiger partial charge in [0.1, 0.15) is 0 Å². The number of H-pyrrole nitrogens is 1. The molecule has 0 spiro atoms. The fraction of sp³-hybridized carbons (Fsp3) is 0.438. The predicted octanol–water partition coefficient (Wildman–Crippen LogP) is 4.17. The first-order valence-corrected chi connectivity index (χ1v) is 7.70. The molecule has 2 aromatic rings. The summed E-state index contributed by atoms with van der Waals surface area (Å²) in [4.78, 5) is 3.16. The van der Waals surface area contributed by atoms with Gasteiger partial charge in [-0.15, -0.1) is 0 Å². The minimum atomic E-state index is 0.393. The lowest BCUT2D eigenvalue weighted by Gasteiger charge is -2.23. The molecule has 1 aromatic carbocycles.